The third-order valence-corrected chi connectivity index (χ3v) is 20.0. The second kappa shape index (κ2) is 20.0. The molecule has 0 radical (unpaired) electrons. The fourth-order valence-electron chi connectivity index (χ4n) is 12.7. The van der Waals surface area contributed by atoms with Crippen molar-refractivity contribution in [3.8, 4) is 0 Å². The number of fused-ring (bicyclic) bond motifs is 10. The molecule has 0 spiro atoms. The molecule has 0 amide bonds. The topological polar surface area (TPSA) is 40.6 Å². The van der Waals surface area contributed by atoms with E-state index in [1.54, 1.807) is 22.7 Å². The Morgan fingerprint density at radius 3 is 1.16 bits per heavy atom. The number of halogens is 2. The van der Waals surface area contributed by atoms with Crippen molar-refractivity contribution in [1.29, 1.82) is 0 Å². The molecule has 1 aliphatic carbocycles. The molecule has 0 atom stereocenters. The lowest BCUT2D eigenvalue weighted by Gasteiger charge is -2.42. The molecule has 8 heteroatoms. The van der Waals surface area contributed by atoms with Crippen LogP contribution in [0.3, 0.4) is 0 Å². The van der Waals surface area contributed by atoms with E-state index in [9.17, 15) is 9.59 Å². The second-order valence-corrected chi connectivity index (χ2v) is 26.6. The summed E-state index contributed by atoms with van der Waals surface area (Å²) >= 11 is 10.2. The van der Waals surface area contributed by atoms with Crippen molar-refractivity contribution in [2.24, 2.45) is 0 Å². The van der Waals surface area contributed by atoms with E-state index >= 15 is 0 Å². The van der Waals surface area contributed by atoms with Gasteiger partial charge in [-0.1, -0.05) is 195 Å². The van der Waals surface area contributed by atoms with E-state index in [1.807, 2.05) is 42.5 Å². The van der Waals surface area contributed by atoms with Crippen molar-refractivity contribution in [2.75, 3.05) is 9.80 Å². The van der Waals surface area contributed by atoms with Gasteiger partial charge in [0, 0.05) is 76.9 Å². The predicted molar refractivity (Wildman–Crippen MR) is 348 cm³/mol. The normalized spacial score (nSPS) is 14.8. The molecular formula is C72H56Br2N2O2S2. The standard InChI is InChI=1S/C43H34N2OS.C16H16.C13H6Br2OS/c1-42(2)31-13-5-9-17-35(31)44(36-18-10-6-14-32(36)42)27-22-24-39-30(25-27)41(46)29-23-21-28(26-40(29)47-39)45-37-19-11-7-15-33(37)43(3,4)34-16-8-12-20-38(34)45;1-16(2)14-9-5-3-7-12(14)11-13-8-4-6-10-15(13)16;14-7-2-4-11-10(5-7)13(16)9-3-1-8(15)6-12(9)17-11/h5-26H,1-4H3;3-10H,11H2,1-2H3;1-6H. The fraction of sp³-hybridized carbons (Fsp3) is 0.139. The average Bonchev–Trinajstić information content (AvgIpc) is 3.66. The van der Waals surface area contributed by atoms with Crippen LogP contribution in [0.15, 0.2) is 237 Å². The van der Waals surface area contributed by atoms with Gasteiger partial charge < -0.3 is 9.80 Å². The van der Waals surface area contributed by atoms with Gasteiger partial charge in [0.1, 0.15) is 0 Å². The summed E-state index contributed by atoms with van der Waals surface area (Å²) in [6.07, 6.45) is 1.08. The Morgan fingerprint density at radius 2 is 0.675 bits per heavy atom. The van der Waals surface area contributed by atoms with Gasteiger partial charge in [-0.15, -0.1) is 22.7 Å². The number of para-hydroxylation sites is 4. The van der Waals surface area contributed by atoms with Crippen LogP contribution in [0, 0.1) is 0 Å². The maximum absolute atomic E-state index is 14.3. The van der Waals surface area contributed by atoms with Gasteiger partial charge in [0.25, 0.3) is 0 Å². The van der Waals surface area contributed by atoms with E-state index in [4.69, 9.17) is 0 Å². The van der Waals surface area contributed by atoms with Crippen molar-refractivity contribution in [3.05, 3.63) is 292 Å². The van der Waals surface area contributed by atoms with Gasteiger partial charge in [0.05, 0.1) is 22.7 Å². The van der Waals surface area contributed by atoms with Crippen LogP contribution >= 0.6 is 54.5 Å². The van der Waals surface area contributed by atoms with Gasteiger partial charge >= 0.3 is 0 Å². The molecule has 10 aromatic carbocycles. The number of hydrogen-bond donors (Lipinski definition) is 0. The molecular weight excluding hydrogens is 1150 g/mol. The molecule has 0 fully saturated rings. The van der Waals surface area contributed by atoms with Crippen LogP contribution in [0.1, 0.15) is 86.1 Å². The minimum absolute atomic E-state index is 0.0710. The molecule has 3 aliphatic rings. The largest absolute Gasteiger partial charge is 0.310 e. The first-order valence-electron chi connectivity index (χ1n) is 27.1. The molecule has 0 N–H and O–H groups in total. The molecule has 392 valence electrons. The Morgan fingerprint density at radius 1 is 0.338 bits per heavy atom. The molecule has 4 heterocycles. The van der Waals surface area contributed by atoms with E-state index in [0.29, 0.717) is 0 Å². The summed E-state index contributed by atoms with van der Waals surface area (Å²) < 4.78 is 5.94. The zero-order valence-corrected chi connectivity index (χ0v) is 50.1. The van der Waals surface area contributed by atoms with E-state index in [0.717, 1.165) is 78.5 Å². The number of benzene rings is 10. The summed E-state index contributed by atoms with van der Waals surface area (Å²) in [5.74, 6) is 0. The summed E-state index contributed by atoms with van der Waals surface area (Å²) in [6.45, 7) is 13.8. The number of nitrogens with zero attached hydrogens (tertiary/aromatic N) is 2. The highest BCUT2D eigenvalue weighted by Crippen LogP contribution is 2.54. The van der Waals surface area contributed by atoms with Gasteiger partial charge in [0.2, 0.25) is 0 Å². The van der Waals surface area contributed by atoms with Crippen molar-refractivity contribution in [1.82, 2.24) is 0 Å². The summed E-state index contributed by atoms with van der Waals surface area (Å²) in [6, 6.07) is 76.6. The molecule has 0 unspecified atom stereocenters. The molecule has 80 heavy (non-hydrogen) atoms. The summed E-state index contributed by atoms with van der Waals surface area (Å²) in [5.41, 5.74) is 17.8. The van der Waals surface area contributed by atoms with Gasteiger partial charge in [-0.05, 0) is 148 Å². The lowest BCUT2D eigenvalue weighted by atomic mass is 9.69. The zero-order valence-electron chi connectivity index (χ0n) is 45.3. The average molecular weight is 1210 g/mol. The van der Waals surface area contributed by atoms with Crippen LogP contribution < -0.4 is 20.7 Å². The van der Waals surface area contributed by atoms with Crippen LogP contribution in [0.2, 0.25) is 0 Å². The lowest BCUT2D eigenvalue weighted by Crippen LogP contribution is -2.30. The molecule has 4 nitrogen and oxygen atoms in total. The van der Waals surface area contributed by atoms with E-state index < -0.39 is 0 Å². The summed E-state index contributed by atoms with van der Waals surface area (Å²) in [4.78, 5) is 31.3. The minimum Gasteiger partial charge on any atom is -0.310 e. The van der Waals surface area contributed by atoms with Crippen molar-refractivity contribution < 1.29 is 0 Å². The highest BCUT2D eigenvalue weighted by Gasteiger charge is 2.38. The summed E-state index contributed by atoms with van der Waals surface area (Å²) in [7, 11) is 0. The van der Waals surface area contributed by atoms with Crippen molar-refractivity contribution in [3.63, 3.8) is 0 Å². The smallest absolute Gasteiger partial charge is 0.195 e. The highest BCUT2D eigenvalue weighted by molar-refractivity contribution is 9.10. The van der Waals surface area contributed by atoms with Crippen molar-refractivity contribution >= 4 is 129 Å². The van der Waals surface area contributed by atoms with Crippen LogP contribution in [-0.4, -0.2) is 0 Å². The zero-order chi connectivity index (χ0) is 55.2. The van der Waals surface area contributed by atoms with E-state index in [2.05, 4.69) is 259 Å². The van der Waals surface area contributed by atoms with Crippen molar-refractivity contribution in [2.45, 2.75) is 64.2 Å². The van der Waals surface area contributed by atoms with Crippen LogP contribution in [0.25, 0.3) is 40.3 Å². The molecule has 12 aromatic rings. The maximum Gasteiger partial charge on any atom is 0.195 e. The lowest BCUT2D eigenvalue weighted by molar-refractivity contribution is 0.610. The molecule has 0 bridgehead atoms. The first kappa shape index (κ1) is 51.9. The SMILES string of the molecule is CC1(C)c2ccccc2Cc2ccccc21.CC1(C)c2ccccc2N(c2ccc3c(=O)c4cc(N5c6ccccc6C(C)(C)c6ccccc65)ccc4sc3c2)c2ccccc21.O=c1c2ccc(Br)cc2sc2ccc(Br)cc12. The van der Waals surface area contributed by atoms with Crippen LogP contribution in [0.4, 0.5) is 34.1 Å². The third kappa shape index (κ3) is 8.65. The number of anilines is 6. The Hall–Kier alpha value is -7.46. The van der Waals surface area contributed by atoms with Gasteiger partial charge in [0.15, 0.2) is 10.9 Å². The molecule has 2 aromatic heterocycles. The number of rotatable bonds is 2. The minimum atomic E-state index is -0.134. The first-order chi connectivity index (χ1) is 38.6. The molecule has 0 saturated carbocycles. The first-order valence-corrected chi connectivity index (χ1v) is 30.3. The van der Waals surface area contributed by atoms with Gasteiger partial charge in [-0.3, -0.25) is 9.59 Å². The quantitative estimate of drug-likeness (QED) is 0.162. The van der Waals surface area contributed by atoms with Crippen LogP contribution in [-0.2, 0) is 22.7 Å². The Bertz CT molecular complexity index is 4470. The highest BCUT2D eigenvalue weighted by atomic mass is 79.9. The van der Waals surface area contributed by atoms with Gasteiger partial charge in [-0.2, -0.15) is 0 Å². The second-order valence-electron chi connectivity index (χ2n) is 22.6. The molecule has 0 saturated heterocycles. The maximum atomic E-state index is 14.3. The van der Waals surface area contributed by atoms with E-state index in [1.165, 1.54) is 55.9 Å². The molecule has 2 aliphatic heterocycles. The number of hydrogen-bond acceptors (Lipinski definition) is 6. The monoisotopic (exact) mass is 1200 g/mol. The van der Waals surface area contributed by atoms with Crippen LogP contribution in [0.5, 0.6) is 0 Å². The Kier molecular flexibility index (Phi) is 13.0. The molecule has 15 rings (SSSR count). The predicted octanol–water partition coefficient (Wildman–Crippen LogP) is 20.5. The Balaban J connectivity index is 0.000000148. The fourth-order valence-corrected chi connectivity index (χ4v) is 15.8. The summed E-state index contributed by atoms with van der Waals surface area (Å²) in [5, 5.41) is 3.06. The Labute approximate surface area is 491 Å². The van der Waals surface area contributed by atoms with E-state index in [-0.39, 0.29) is 27.1 Å². The van der Waals surface area contributed by atoms with Gasteiger partial charge in [-0.25, -0.2) is 0 Å². The third-order valence-electron chi connectivity index (χ3n) is 16.8.